The van der Waals surface area contributed by atoms with Crippen molar-refractivity contribution in [3.05, 3.63) is 0 Å². The number of hydrogen-bond donors (Lipinski definition) is 1. The summed E-state index contributed by atoms with van der Waals surface area (Å²) in [6.45, 7) is 12.3. The molecule has 4 aliphatic heterocycles. The van der Waals surface area contributed by atoms with Crippen LogP contribution in [0.25, 0.3) is 0 Å². The predicted molar refractivity (Wildman–Crippen MR) is 78.3 cm³/mol. The summed E-state index contributed by atoms with van der Waals surface area (Å²) in [5.41, 5.74) is -0.455. The van der Waals surface area contributed by atoms with Crippen LogP contribution in [0, 0.1) is 16.2 Å². The molecule has 4 aliphatic rings. The number of aliphatic hydroxyl groups excluding tert-OH is 1. The number of ketones is 1. The lowest BCUT2D eigenvalue weighted by Crippen LogP contribution is -2.81. The molecule has 0 radical (unpaired) electrons. The van der Waals surface area contributed by atoms with E-state index in [2.05, 4.69) is 37.5 Å². The average Bonchev–Trinajstić information content (AvgIpc) is 2.43. The van der Waals surface area contributed by atoms with Gasteiger partial charge in [0.25, 0.3) is 0 Å². The van der Waals surface area contributed by atoms with Crippen molar-refractivity contribution in [2.75, 3.05) is 32.8 Å². The van der Waals surface area contributed by atoms with Gasteiger partial charge in [0.2, 0.25) is 0 Å². The molecule has 114 valence electrons. The van der Waals surface area contributed by atoms with E-state index in [1.54, 1.807) is 0 Å². The molecule has 4 heterocycles. The van der Waals surface area contributed by atoms with Crippen LogP contribution >= 0.6 is 0 Å². The minimum absolute atomic E-state index is 0.139. The second-order valence-electron chi connectivity index (χ2n) is 7.93. The lowest BCUT2D eigenvalue weighted by molar-refractivity contribution is -0.223. The Balaban J connectivity index is 2.01. The molecule has 0 unspecified atom stereocenters. The molecule has 0 atom stereocenters. The molecule has 1 N–H and O–H groups in total. The van der Waals surface area contributed by atoms with Crippen LogP contribution in [-0.2, 0) is 4.79 Å². The van der Waals surface area contributed by atoms with Crippen LogP contribution in [-0.4, -0.2) is 59.6 Å². The van der Waals surface area contributed by atoms with Crippen LogP contribution in [0.5, 0.6) is 0 Å². The van der Waals surface area contributed by atoms with Crippen LogP contribution in [0.2, 0.25) is 0 Å². The van der Waals surface area contributed by atoms with Crippen molar-refractivity contribution in [3.8, 4) is 0 Å². The van der Waals surface area contributed by atoms with E-state index in [1.165, 1.54) is 0 Å². The maximum atomic E-state index is 13.0. The molecule has 4 rings (SSSR count). The van der Waals surface area contributed by atoms with E-state index in [9.17, 15) is 9.90 Å². The highest BCUT2D eigenvalue weighted by Gasteiger charge is 2.65. The van der Waals surface area contributed by atoms with Crippen molar-refractivity contribution < 1.29 is 9.90 Å². The molecule has 0 amide bonds. The van der Waals surface area contributed by atoms with Gasteiger partial charge in [0.1, 0.15) is 5.78 Å². The van der Waals surface area contributed by atoms with Gasteiger partial charge in [0.05, 0.1) is 23.6 Å². The summed E-state index contributed by atoms with van der Waals surface area (Å²) in [4.78, 5) is 18.0. The Labute approximate surface area is 122 Å². The minimum Gasteiger partial charge on any atom is -0.396 e. The van der Waals surface area contributed by atoms with E-state index in [1.807, 2.05) is 0 Å². The number of carbonyl (C=O) groups excluding carboxylic acids is 1. The largest absolute Gasteiger partial charge is 0.396 e. The Morgan fingerprint density at radius 3 is 1.80 bits per heavy atom. The van der Waals surface area contributed by atoms with E-state index < -0.39 is 0 Å². The van der Waals surface area contributed by atoms with E-state index in [0.717, 1.165) is 39.0 Å². The van der Waals surface area contributed by atoms with Crippen molar-refractivity contribution in [2.24, 2.45) is 16.2 Å². The summed E-state index contributed by atoms with van der Waals surface area (Å²) in [5.74, 6) is 0.516. The molecule has 0 aromatic rings. The summed E-state index contributed by atoms with van der Waals surface area (Å²) in [7, 11) is 0. The second-order valence-corrected chi connectivity index (χ2v) is 7.93. The normalized spacial score (nSPS) is 47.0. The summed E-state index contributed by atoms with van der Waals surface area (Å²) in [5, 5.41) is 9.75. The van der Waals surface area contributed by atoms with E-state index in [0.29, 0.717) is 5.78 Å². The number of carbonyl (C=O) groups is 1. The first kappa shape index (κ1) is 14.5. The van der Waals surface area contributed by atoms with Gasteiger partial charge < -0.3 is 5.11 Å². The minimum atomic E-state index is -0.158. The number of piperidine rings is 2. The van der Waals surface area contributed by atoms with Gasteiger partial charge in [-0.05, 0) is 12.8 Å². The lowest BCUT2D eigenvalue weighted by atomic mass is 9.57. The highest BCUT2D eigenvalue weighted by atomic mass is 16.3. The first-order valence-electron chi connectivity index (χ1n) is 7.98. The van der Waals surface area contributed by atoms with Crippen molar-refractivity contribution >= 4 is 5.78 Å². The summed E-state index contributed by atoms with van der Waals surface area (Å²) >= 11 is 0. The van der Waals surface area contributed by atoms with Gasteiger partial charge in [0.15, 0.2) is 0 Å². The zero-order valence-electron chi connectivity index (χ0n) is 13.3. The molecule has 4 bridgehead atoms. The van der Waals surface area contributed by atoms with E-state index in [-0.39, 0.29) is 29.0 Å². The number of nitrogens with zero attached hydrogens (tertiary/aromatic N) is 2. The highest BCUT2D eigenvalue weighted by Crippen LogP contribution is 2.53. The molecule has 4 nitrogen and oxygen atoms in total. The van der Waals surface area contributed by atoms with E-state index >= 15 is 0 Å². The van der Waals surface area contributed by atoms with Gasteiger partial charge in [0, 0.05) is 31.6 Å². The van der Waals surface area contributed by atoms with Crippen LogP contribution < -0.4 is 0 Å². The maximum Gasteiger partial charge on any atom is 0.150 e. The van der Waals surface area contributed by atoms with Crippen molar-refractivity contribution in [3.63, 3.8) is 0 Å². The van der Waals surface area contributed by atoms with Crippen LogP contribution in [0.4, 0.5) is 0 Å². The SMILES string of the molecule is CCC12CN3CC(CC)(CN(C1)C3C(C)(C)CO)C2=O. The Bertz CT molecular complexity index is 390. The molecule has 4 saturated heterocycles. The van der Waals surface area contributed by atoms with Gasteiger partial charge in [-0.25, -0.2) is 0 Å². The quantitative estimate of drug-likeness (QED) is 0.844. The zero-order valence-corrected chi connectivity index (χ0v) is 13.3. The number of rotatable bonds is 4. The molecule has 0 aromatic heterocycles. The van der Waals surface area contributed by atoms with E-state index in [4.69, 9.17) is 0 Å². The predicted octanol–water partition coefficient (Wildman–Crippen LogP) is 1.34. The van der Waals surface area contributed by atoms with Gasteiger partial charge in [-0.1, -0.05) is 27.7 Å². The highest BCUT2D eigenvalue weighted by molar-refractivity contribution is 5.93. The number of Topliss-reactive ketones (excluding diaryl/α,β-unsaturated/α-hetero) is 1. The van der Waals surface area contributed by atoms with Crippen LogP contribution in [0.3, 0.4) is 0 Å². The molecule has 0 aliphatic carbocycles. The summed E-state index contributed by atoms with van der Waals surface area (Å²) < 4.78 is 0. The molecular formula is C16H28N2O2. The third-order valence-electron chi connectivity index (χ3n) is 6.14. The molecule has 4 heteroatoms. The Hall–Kier alpha value is -0.450. The van der Waals surface area contributed by atoms with Crippen LogP contribution in [0.1, 0.15) is 40.5 Å². The van der Waals surface area contributed by atoms with Gasteiger partial charge in [-0.3, -0.25) is 14.6 Å². The average molecular weight is 280 g/mol. The molecular weight excluding hydrogens is 252 g/mol. The summed E-state index contributed by atoms with van der Waals surface area (Å²) in [6.07, 6.45) is 2.15. The fourth-order valence-electron chi connectivity index (χ4n) is 5.03. The first-order chi connectivity index (χ1) is 9.34. The second kappa shape index (κ2) is 4.28. The fraction of sp³-hybridized carbons (Fsp3) is 0.938. The number of hydrogen-bond acceptors (Lipinski definition) is 4. The molecule has 0 saturated carbocycles. The third-order valence-corrected chi connectivity index (χ3v) is 6.14. The monoisotopic (exact) mass is 280 g/mol. The standard InChI is InChI=1S/C16H28N2O2/c1-5-15-7-17-9-16(6-2,12(15)20)10-18(8-15)13(17)14(3,4)11-19/h13,19H,5-11H2,1-4H3. The Morgan fingerprint density at radius 1 is 1.10 bits per heavy atom. The fourth-order valence-corrected chi connectivity index (χ4v) is 5.03. The molecule has 20 heavy (non-hydrogen) atoms. The van der Waals surface area contributed by atoms with Crippen molar-refractivity contribution in [2.45, 2.75) is 46.7 Å². The van der Waals surface area contributed by atoms with Gasteiger partial charge in [-0.15, -0.1) is 0 Å². The summed E-state index contributed by atoms with van der Waals surface area (Å²) in [6, 6.07) is 0. The molecule has 0 spiro atoms. The zero-order chi connectivity index (χ0) is 14.8. The Morgan fingerprint density at radius 2 is 1.50 bits per heavy atom. The lowest BCUT2D eigenvalue weighted by Gasteiger charge is -2.68. The van der Waals surface area contributed by atoms with Crippen molar-refractivity contribution in [1.29, 1.82) is 0 Å². The topological polar surface area (TPSA) is 43.8 Å². The molecule has 4 fully saturated rings. The first-order valence-corrected chi connectivity index (χ1v) is 7.98. The van der Waals surface area contributed by atoms with Gasteiger partial charge in [-0.2, -0.15) is 0 Å². The van der Waals surface area contributed by atoms with Gasteiger partial charge >= 0.3 is 0 Å². The van der Waals surface area contributed by atoms with Crippen molar-refractivity contribution in [1.82, 2.24) is 9.80 Å². The number of aliphatic hydroxyl groups is 1. The third kappa shape index (κ3) is 1.62. The Kier molecular flexibility index (Phi) is 3.10. The smallest absolute Gasteiger partial charge is 0.150 e. The molecule has 0 aromatic carbocycles. The maximum absolute atomic E-state index is 13.0. The van der Waals surface area contributed by atoms with Crippen LogP contribution in [0.15, 0.2) is 0 Å².